The van der Waals surface area contributed by atoms with E-state index < -0.39 is 0 Å². The third-order valence-electron chi connectivity index (χ3n) is 6.22. The zero-order valence-corrected chi connectivity index (χ0v) is 13.8. The first-order chi connectivity index (χ1) is 11.2. The van der Waals surface area contributed by atoms with Crippen LogP contribution >= 0.6 is 0 Å². The van der Waals surface area contributed by atoms with E-state index in [2.05, 4.69) is 22.4 Å². The Balaban J connectivity index is 1.53. The molecule has 1 aromatic heterocycles. The first kappa shape index (κ1) is 14.9. The molecule has 0 spiro atoms. The summed E-state index contributed by atoms with van der Waals surface area (Å²) in [4.78, 5) is 16.2. The zero-order valence-electron chi connectivity index (χ0n) is 13.8. The number of aromatic nitrogens is 1. The molecule has 4 aliphatic rings. The number of pyridine rings is 1. The van der Waals surface area contributed by atoms with Crippen molar-refractivity contribution in [1.29, 1.82) is 0 Å². The van der Waals surface area contributed by atoms with Gasteiger partial charge in [0.15, 0.2) is 0 Å². The molecule has 4 aliphatic carbocycles. The fraction of sp³-hybridized carbons (Fsp3) is 0.632. The Morgan fingerprint density at radius 3 is 2.26 bits per heavy atom. The van der Waals surface area contributed by atoms with Gasteiger partial charge in [0.25, 0.3) is 5.91 Å². The molecule has 0 unspecified atom stereocenters. The molecule has 4 nitrogen and oxygen atoms in total. The largest absolute Gasteiger partial charge is 0.271 e. The number of carbonyl (C=O) groups excluding carboxylic acids is 1. The Morgan fingerprint density at radius 1 is 1.17 bits per heavy atom. The van der Waals surface area contributed by atoms with E-state index >= 15 is 0 Å². The van der Waals surface area contributed by atoms with Crippen LogP contribution in [0.5, 0.6) is 0 Å². The highest BCUT2D eigenvalue weighted by atomic mass is 16.2. The summed E-state index contributed by atoms with van der Waals surface area (Å²) in [5, 5.41) is 4.61. The lowest BCUT2D eigenvalue weighted by Crippen LogP contribution is -2.50. The number of amides is 1. The van der Waals surface area contributed by atoms with Crippen LogP contribution in [0.4, 0.5) is 0 Å². The van der Waals surface area contributed by atoms with Crippen molar-refractivity contribution in [2.75, 3.05) is 0 Å². The molecule has 0 aliphatic heterocycles. The molecule has 0 saturated heterocycles. The quantitative estimate of drug-likeness (QED) is 0.679. The van der Waals surface area contributed by atoms with Crippen LogP contribution in [0.2, 0.25) is 0 Å². The van der Waals surface area contributed by atoms with Crippen LogP contribution in [0.15, 0.2) is 29.6 Å². The molecule has 23 heavy (non-hydrogen) atoms. The van der Waals surface area contributed by atoms with E-state index in [4.69, 9.17) is 0 Å². The minimum absolute atomic E-state index is 0.136. The van der Waals surface area contributed by atoms with E-state index in [1.165, 1.54) is 44.2 Å². The highest BCUT2D eigenvalue weighted by Crippen LogP contribution is 2.60. The van der Waals surface area contributed by atoms with E-state index in [1.54, 1.807) is 24.5 Å². The summed E-state index contributed by atoms with van der Waals surface area (Å²) in [5.41, 5.74) is 4.91. The van der Waals surface area contributed by atoms with E-state index in [0.717, 1.165) is 24.2 Å². The van der Waals surface area contributed by atoms with E-state index in [-0.39, 0.29) is 11.3 Å². The molecule has 1 amide bonds. The number of nitrogens with one attached hydrogen (secondary N) is 1. The first-order valence-electron chi connectivity index (χ1n) is 8.96. The molecule has 5 rings (SSSR count). The Morgan fingerprint density at radius 2 is 1.74 bits per heavy atom. The van der Waals surface area contributed by atoms with Crippen LogP contribution in [0.25, 0.3) is 0 Å². The zero-order chi connectivity index (χ0) is 15.9. The van der Waals surface area contributed by atoms with E-state index in [1.807, 2.05) is 0 Å². The minimum Gasteiger partial charge on any atom is -0.267 e. The topological polar surface area (TPSA) is 54.4 Å². The number of hydrogen-bond donors (Lipinski definition) is 1. The van der Waals surface area contributed by atoms with Gasteiger partial charge >= 0.3 is 0 Å². The van der Waals surface area contributed by atoms with Gasteiger partial charge in [-0.2, -0.15) is 5.10 Å². The van der Waals surface area contributed by atoms with Crippen LogP contribution in [0.3, 0.4) is 0 Å². The van der Waals surface area contributed by atoms with Crippen molar-refractivity contribution in [3.05, 3.63) is 30.1 Å². The molecular formula is C19H25N3O. The lowest BCUT2D eigenvalue weighted by molar-refractivity contribution is -0.0134. The number of hydrogen-bond acceptors (Lipinski definition) is 3. The molecule has 122 valence electrons. The second-order valence-electron chi connectivity index (χ2n) is 7.79. The summed E-state index contributed by atoms with van der Waals surface area (Å²) in [5.74, 6) is 2.56. The molecule has 1 heterocycles. The number of carbonyl (C=O) groups is 1. The van der Waals surface area contributed by atoms with Gasteiger partial charge in [0, 0.05) is 29.1 Å². The van der Waals surface area contributed by atoms with Crippen LogP contribution in [0, 0.1) is 23.2 Å². The van der Waals surface area contributed by atoms with Crippen LogP contribution < -0.4 is 5.43 Å². The fourth-order valence-corrected chi connectivity index (χ4v) is 5.72. The van der Waals surface area contributed by atoms with Gasteiger partial charge in [-0.15, -0.1) is 0 Å². The highest BCUT2D eigenvalue weighted by molar-refractivity contribution is 5.96. The van der Waals surface area contributed by atoms with Crippen molar-refractivity contribution in [2.24, 2.45) is 28.3 Å². The van der Waals surface area contributed by atoms with Crippen molar-refractivity contribution in [3.8, 4) is 0 Å². The maximum absolute atomic E-state index is 12.2. The third kappa shape index (κ3) is 2.68. The summed E-state index contributed by atoms with van der Waals surface area (Å²) >= 11 is 0. The van der Waals surface area contributed by atoms with Crippen molar-refractivity contribution >= 4 is 11.6 Å². The number of rotatable bonds is 4. The summed E-state index contributed by atoms with van der Waals surface area (Å²) in [6.07, 6.45) is 12.4. The second-order valence-corrected chi connectivity index (χ2v) is 7.79. The molecule has 0 atom stereocenters. The van der Waals surface area contributed by atoms with Gasteiger partial charge in [-0.05, 0) is 74.8 Å². The normalized spacial score (nSPS) is 35.3. The predicted octanol–water partition coefficient (Wildman–Crippen LogP) is 3.79. The molecular weight excluding hydrogens is 286 g/mol. The average molecular weight is 311 g/mol. The molecule has 0 radical (unpaired) electrons. The SMILES string of the molecule is CC/C(=N\NC(=O)c1ccncc1)C12CC3CC(CC(C3)C1)C2. The fourth-order valence-electron chi connectivity index (χ4n) is 5.72. The highest BCUT2D eigenvalue weighted by Gasteiger charge is 2.52. The standard InChI is InChI=1S/C19H25N3O/c1-2-17(21-22-18(23)16-3-5-20-6-4-16)19-10-13-7-14(11-19)9-15(8-13)12-19/h3-6,13-15H,2,7-12H2,1H3,(H,22,23)/b21-17+. The maximum Gasteiger partial charge on any atom is 0.271 e. The van der Waals surface area contributed by atoms with Gasteiger partial charge < -0.3 is 0 Å². The molecule has 4 saturated carbocycles. The van der Waals surface area contributed by atoms with E-state index in [0.29, 0.717) is 5.56 Å². The Hall–Kier alpha value is -1.71. The Bertz CT molecular complexity index is 587. The summed E-state index contributed by atoms with van der Waals surface area (Å²) in [7, 11) is 0. The molecule has 4 bridgehead atoms. The van der Waals surface area contributed by atoms with Gasteiger partial charge in [0.05, 0.1) is 0 Å². The monoisotopic (exact) mass is 311 g/mol. The minimum atomic E-state index is -0.136. The molecule has 0 aromatic carbocycles. The van der Waals surface area contributed by atoms with Crippen LogP contribution in [-0.4, -0.2) is 16.6 Å². The van der Waals surface area contributed by atoms with Gasteiger partial charge in [0.2, 0.25) is 0 Å². The second kappa shape index (κ2) is 5.73. The lowest BCUT2D eigenvalue weighted by atomic mass is 9.48. The van der Waals surface area contributed by atoms with Gasteiger partial charge in [-0.3, -0.25) is 9.78 Å². The smallest absolute Gasteiger partial charge is 0.267 e. The van der Waals surface area contributed by atoms with Gasteiger partial charge in [0.1, 0.15) is 0 Å². The maximum atomic E-state index is 12.2. The molecule has 1 N–H and O–H groups in total. The number of nitrogens with zero attached hydrogens (tertiary/aromatic N) is 2. The van der Waals surface area contributed by atoms with Crippen molar-refractivity contribution in [3.63, 3.8) is 0 Å². The van der Waals surface area contributed by atoms with Gasteiger partial charge in [-0.25, -0.2) is 5.43 Å². The van der Waals surface area contributed by atoms with Crippen LogP contribution in [0.1, 0.15) is 62.2 Å². The molecule has 4 heteroatoms. The third-order valence-corrected chi connectivity index (χ3v) is 6.22. The lowest BCUT2D eigenvalue weighted by Gasteiger charge is -2.57. The summed E-state index contributed by atoms with van der Waals surface area (Å²) < 4.78 is 0. The van der Waals surface area contributed by atoms with Crippen molar-refractivity contribution in [2.45, 2.75) is 51.9 Å². The van der Waals surface area contributed by atoms with E-state index in [9.17, 15) is 4.79 Å². The molecule has 1 aromatic rings. The number of hydrazone groups is 1. The van der Waals surface area contributed by atoms with Crippen molar-refractivity contribution < 1.29 is 4.79 Å². The summed E-state index contributed by atoms with van der Waals surface area (Å²) in [6.45, 7) is 2.18. The Labute approximate surface area is 137 Å². The predicted molar refractivity (Wildman–Crippen MR) is 90.0 cm³/mol. The molecule has 4 fully saturated rings. The Kier molecular flexibility index (Phi) is 3.70. The van der Waals surface area contributed by atoms with Gasteiger partial charge in [-0.1, -0.05) is 6.92 Å². The van der Waals surface area contributed by atoms with Crippen molar-refractivity contribution in [1.82, 2.24) is 10.4 Å². The summed E-state index contributed by atoms with van der Waals surface area (Å²) in [6, 6.07) is 3.45. The average Bonchev–Trinajstić information content (AvgIpc) is 2.54. The van der Waals surface area contributed by atoms with Crippen LogP contribution in [-0.2, 0) is 0 Å². The first-order valence-corrected chi connectivity index (χ1v) is 8.96.